The van der Waals surface area contributed by atoms with Gasteiger partial charge in [0.05, 0.1) is 11.1 Å². The molecule has 2 aromatic rings. The molecule has 0 spiro atoms. The van der Waals surface area contributed by atoms with Gasteiger partial charge in [-0.15, -0.1) is 0 Å². The summed E-state index contributed by atoms with van der Waals surface area (Å²) >= 11 is 0. The number of benzene rings is 1. The first-order valence-electron chi connectivity index (χ1n) is 7.48. The van der Waals surface area contributed by atoms with Crippen LogP contribution in [0.2, 0.25) is 0 Å². The Bertz CT molecular complexity index is 703. The predicted molar refractivity (Wildman–Crippen MR) is 79.0 cm³/mol. The number of halogens is 3. The molecule has 0 radical (unpaired) electrons. The number of carbonyl (C=O) groups excluding carboxylic acids is 1. The zero-order valence-corrected chi connectivity index (χ0v) is 12.3. The fourth-order valence-corrected chi connectivity index (χ4v) is 3.12. The number of piperidine rings is 1. The lowest BCUT2D eigenvalue weighted by atomic mass is 9.90. The highest BCUT2D eigenvalue weighted by Gasteiger charge is 2.44. The van der Waals surface area contributed by atoms with Gasteiger partial charge in [0.2, 0.25) is 0 Å². The van der Waals surface area contributed by atoms with Gasteiger partial charge in [0, 0.05) is 24.7 Å². The molecule has 2 heterocycles. The molecule has 4 nitrogen and oxygen atoms in total. The van der Waals surface area contributed by atoms with Crippen LogP contribution in [0.1, 0.15) is 23.2 Å². The second-order valence-corrected chi connectivity index (χ2v) is 5.86. The van der Waals surface area contributed by atoms with Gasteiger partial charge >= 0.3 is 6.18 Å². The van der Waals surface area contributed by atoms with Gasteiger partial charge in [-0.2, -0.15) is 13.2 Å². The number of carbonyl (C=O) groups is 1. The average Bonchev–Trinajstić information content (AvgIpc) is 3.01. The maximum Gasteiger partial charge on any atom is 0.414 e. The zero-order chi connectivity index (χ0) is 16.6. The second-order valence-electron chi connectivity index (χ2n) is 5.86. The van der Waals surface area contributed by atoms with E-state index in [2.05, 4.69) is 4.98 Å². The number of fused-ring (bicyclic) bond motifs is 1. The van der Waals surface area contributed by atoms with E-state index < -0.39 is 18.2 Å². The molecule has 1 atom stereocenters. The molecular formula is C16H17F3N2O2. The van der Waals surface area contributed by atoms with Gasteiger partial charge in [-0.3, -0.25) is 4.79 Å². The SMILES string of the molecule is O=C(c1cccc2cc[nH]c12)N1CCC(C(O)C(F)(F)F)CC1. The van der Waals surface area contributed by atoms with E-state index in [0.29, 0.717) is 5.56 Å². The fourth-order valence-electron chi connectivity index (χ4n) is 3.12. The van der Waals surface area contributed by atoms with Crippen LogP contribution in [0.5, 0.6) is 0 Å². The van der Waals surface area contributed by atoms with Crippen LogP contribution in [-0.2, 0) is 0 Å². The normalized spacial score (nSPS) is 18.3. The highest BCUT2D eigenvalue weighted by atomic mass is 19.4. The zero-order valence-electron chi connectivity index (χ0n) is 12.3. The third kappa shape index (κ3) is 3.06. The first kappa shape index (κ1) is 15.9. The number of H-pyrrole nitrogens is 1. The lowest BCUT2D eigenvalue weighted by Gasteiger charge is -2.34. The van der Waals surface area contributed by atoms with E-state index in [1.807, 2.05) is 12.1 Å². The molecule has 1 aromatic carbocycles. The Kier molecular flexibility index (Phi) is 4.06. The Balaban J connectivity index is 1.70. The first-order valence-corrected chi connectivity index (χ1v) is 7.48. The van der Waals surface area contributed by atoms with Crippen molar-refractivity contribution < 1.29 is 23.1 Å². The molecule has 7 heteroatoms. The molecule has 0 saturated carbocycles. The topological polar surface area (TPSA) is 56.3 Å². The Hall–Kier alpha value is -2.02. The summed E-state index contributed by atoms with van der Waals surface area (Å²) in [6, 6.07) is 7.23. The molecule has 0 aliphatic carbocycles. The van der Waals surface area contributed by atoms with Crippen LogP contribution in [0.25, 0.3) is 10.9 Å². The lowest BCUT2D eigenvalue weighted by Crippen LogP contribution is -2.45. The molecule has 2 N–H and O–H groups in total. The van der Waals surface area contributed by atoms with Gasteiger partial charge in [0.15, 0.2) is 6.10 Å². The van der Waals surface area contributed by atoms with E-state index in [1.54, 1.807) is 23.2 Å². The van der Waals surface area contributed by atoms with Gasteiger partial charge in [0.1, 0.15) is 0 Å². The minimum Gasteiger partial charge on any atom is -0.383 e. The molecule has 3 rings (SSSR count). The van der Waals surface area contributed by atoms with E-state index in [-0.39, 0.29) is 31.8 Å². The number of hydrogen-bond donors (Lipinski definition) is 2. The molecule has 124 valence electrons. The molecule has 23 heavy (non-hydrogen) atoms. The molecule has 0 bridgehead atoms. The monoisotopic (exact) mass is 326 g/mol. The summed E-state index contributed by atoms with van der Waals surface area (Å²) in [6.07, 6.45) is -4.88. The largest absolute Gasteiger partial charge is 0.414 e. The number of aliphatic hydroxyl groups is 1. The number of nitrogens with one attached hydrogen (secondary N) is 1. The lowest BCUT2D eigenvalue weighted by molar-refractivity contribution is -0.222. The predicted octanol–water partition coefficient (Wildman–Crippen LogP) is 2.94. The van der Waals surface area contributed by atoms with Gasteiger partial charge < -0.3 is 15.0 Å². The van der Waals surface area contributed by atoms with Crippen molar-refractivity contribution in [2.75, 3.05) is 13.1 Å². The molecule has 1 amide bonds. The third-order valence-electron chi connectivity index (χ3n) is 4.43. The number of likely N-dealkylation sites (tertiary alicyclic amines) is 1. The van der Waals surface area contributed by atoms with Crippen LogP contribution < -0.4 is 0 Å². The molecule has 1 unspecified atom stereocenters. The number of amides is 1. The molecule has 1 saturated heterocycles. The van der Waals surface area contributed by atoms with Crippen molar-refractivity contribution in [1.82, 2.24) is 9.88 Å². The van der Waals surface area contributed by atoms with E-state index in [0.717, 1.165) is 10.9 Å². The van der Waals surface area contributed by atoms with Crippen molar-refractivity contribution in [3.8, 4) is 0 Å². The van der Waals surface area contributed by atoms with Crippen LogP contribution in [0.15, 0.2) is 30.5 Å². The molecule has 1 aliphatic rings. The van der Waals surface area contributed by atoms with Crippen LogP contribution >= 0.6 is 0 Å². The van der Waals surface area contributed by atoms with Crippen molar-refractivity contribution in [3.05, 3.63) is 36.0 Å². The van der Waals surface area contributed by atoms with Gasteiger partial charge in [0.25, 0.3) is 5.91 Å². The Morgan fingerprint density at radius 2 is 1.96 bits per heavy atom. The Morgan fingerprint density at radius 1 is 1.26 bits per heavy atom. The standard InChI is InChI=1S/C16H17F3N2O2/c17-16(18,19)14(22)11-5-8-21(9-6-11)15(23)12-3-1-2-10-4-7-20-13(10)12/h1-4,7,11,14,20,22H,5-6,8-9H2. The van der Waals surface area contributed by atoms with Gasteiger partial charge in [-0.1, -0.05) is 12.1 Å². The van der Waals surface area contributed by atoms with Crippen LogP contribution in [0.4, 0.5) is 13.2 Å². The van der Waals surface area contributed by atoms with E-state index in [1.165, 1.54) is 0 Å². The summed E-state index contributed by atoms with van der Waals surface area (Å²) in [7, 11) is 0. The summed E-state index contributed by atoms with van der Waals surface area (Å²) in [6.45, 7) is 0.432. The summed E-state index contributed by atoms with van der Waals surface area (Å²) in [5.41, 5.74) is 1.25. The number of alkyl halides is 3. The van der Waals surface area contributed by atoms with E-state index in [4.69, 9.17) is 0 Å². The third-order valence-corrected chi connectivity index (χ3v) is 4.43. The summed E-state index contributed by atoms with van der Waals surface area (Å²) in [4.78, 5) is 17.2. The molecule has 1 aliphatic heterocycles. The van der Waals surface area contributed by atoms with Crippen molar-refractivity contribution in [2.45, 2.75) is 25.1 Å². The highest BCUT2D eigenvalue weighted by Crippen LogP contribution is 2.32. The van der Waals surface area contributed by atoms with E-state index in [9.17, 15) is 23.1 Å². The van der Waals surface area contributed by atoms with Crippen molar-refractivity contribution in [2.24, 2.45) is 5.92 Å². The maximum atomic E-state index is 12.6. The van der Waals surface area contributed by atoms with Crippen molar-refractivity contribution >= 4 is 16.8 Å². The van der Waals surface area contributed by atoms with Crippen molar-refractivity contribution in [1.29, 1.82) is 0 Å². The molecule has 1 aromatic heterocycles. The minimum absolute atomic E-state index is 0.146. The minimum atomic E-state index is -4.60. The molecule has 1 fully saturated rings. The van der Waals surface area contributed by atoms with Gasteiger partial charge in [-0.05, 0) is 30.9 Å². The maximum absolute atomic E-state index is 12.6. The van der Waals surface area contributed by atoms with Crippen LogP contribution in [0.3, 0.4) is 0 Å². The summed E-state index contributed by atoms with van der Waals surface area (Å²) < 4.78 is 37.7. The smallest absolute Gasteiger partial charge is 0.383 e. The van der Waals surface area contributed by atoms with Crippen LogP contribution in [0, 0.1) is 5.92 Å². The van der Waals surface area contributed by atoms with Crippen molar-refractivity contribution in [3.63, 3.8) is 0 Å². The average molecular weight is 326 g/mol. The summed E-state index contributed by atoms with van der Waals surface area (Å²) in [5, 5.41) is 10.2. The Labute approximate surface area is 130 Å². The first-order chi connectivity index (χ1) is 10.9. The van der Waals surface area contributed by atoms with E-state index >= 15 is 0 Å². The second kappa shape index (κ2) is 5.88. The number of aliphatic hydroxyl groups excluding tert-OH is 1. The molecular weight excluding hydrogens is 309 g/mol. The van der Waals surface area contributed by atoms with Crippen LogP contribution in [-0.4, -0.2) is 46.3 Å². The quantitative estimate of drug-likeness (QED) is 0.891. The van der Waals surface area contributed by atoms with Gasteiger partial charge in [-0.25, -0.2) is 0 Å². The number of nitrogens with zero attached hydrogens (tertiary/aromatic N) is 1. The number of aromatic amines is 1. The summed E-state index contributed by atoms with van der Waals surface area (Å²) in [5.74, 6) is -1.04. The number of rotatable bonds is 2. The number of hydrogen-bond acceptors (Lipinski definition) is 2. The highest BCUT2D eigenvalue weighted by molar-refractivity contribution is 6.05. The fraction of sp³-hybridized carbons (Fsp3) is 0.438. The number of aromatic nitrogens is 1. The Morgan fingerprint density at radius 3 is 2.61 bits per heavy atom. The number of para-hydroxylation sites is 1.